The lowest BCUT2D eigenvalue weighted by Gasteiger charge is -2.50. The van der Waals surface area contributed by atoms with E-state index in [4.69, 9.17) is 0 Å². The van der Waals surface area contributed by atoms with E-state index < -0.39 is 11.0 Å². The predicted octanol–water partition coefficient (Wildman–Crippen LogP) is 3.65. The summed E-state index contributed by atoms with van der Waals surface area (Å²) in [4.78, 5) is 0. The van der Waals surface area contributed by atoms with E-state index in [-0.39, 0.29) is 0 Å². The molecule has 0 aromatic carbocycles. The maximum Gasteiger partial charge on any atom is 0.0890 e. The highest BCUT2D eigenvalue weighted by molar-refractivity contribution is 5.21. The Balaban J connectivity index is 1.87. The molecule has 3 rings (SSSR count). The van der Waals surface area contributed by atoms with Crippen molar-refractivity contribution in [2.24, 2.45) is 22.7 Å². The van der Waals surface area contributed by atoms with E-state index in [0.717, 1.165) is 32.1 Å². The summed E-state index contributed by atoms with van der Waals surface area (Å²) in [7, 11) is 0. The molecule has 0 aromatic rings. The molecular formula is C16H25NO. The zero-order chi connectivity index (χ0) is 13.0. The van der Waals surface area contributed by atoms with Crippen LogP contribution in [0.15, 0.2) is 0 Å². The van der Waals surface area contributed by atoms with Gasteiger partial charge in [-0.1, -0.05) is 20.3 Å². The second-order valence-electron chi connectivity index (χ2n) is 7.86. The van der Waals surface area contributed by atoms with Gasteiger partial charge < -0.3 is 5.11 Å². The van der Waals surface area contributed by atoms with E-state index in [0.29, 0.717) is 17.3 Å². The topological polar surface area (TPSA) is 44.0 Å². The first-order chi connectivity index (χ1) is 8.41. The molecule has 0 radical (unpaired) electrons. The molecule has 3 atom stereocenters. The summed E-state index contributed by atoms with van der Waals surface area (Å²) < 4.78 is 0. The summed E-state index contributed by atoms with van der Waals surface area (Å²) in [5.74, 6) is 1.19. The highest BCUT2D eigenvalue weighted by Crippen LogP contribution is 2.63. The number of hydrogen-bond donors (Lipinski definition) is 1. The summed E-state index contributed by atoms with van der Waals surface area (Å²) in [6, 6.07) is 2.60. The van der Waals surface area contributed by atoms with Gasteiger partial charge in [0.2, 0.25) is 0 Å². The van der Waals surface area contributed by atoms with Crippen LogP contribution in [0.25, 0.3) is 0 Å². The summed E-state index contributed by atoms with van der Waals surface area (Å²) >= 11 is 0. The molecule has 0 spiro atoms. The first-order valence-electron chi connectivity index (χ1n) is 7.54. The van der Waals surface area contributed by atoms with Gasteiger partial charge in [-0.05, 0) is 62.2 Å². The zero-order valence-electron chi connectivity index (χ0n) is 11.7. The van der Waals surface area contributed by atoms with E-state index >= 15 is 0 Å². The van der Waals surface area contributed by atoms with Crippen LogP contribution in [0.4, 0.5) is 0 Å². The molecule has 3 saturated carbocycles. The summed E-state index contributed by atoms with van der Waals surface area (Å²) in [6.45, 7) is 4.57. The van der Waals surface area contributed by atoms with Gasteiger partial charge in [-0.3, -0.25) is 0 Å². The first kappa shape index (κ1) is 12.5. The van der Waals surface area contributed by atoms with Crippen molar-refractivity contribution in [2.45, 2.75) is 70.8 Å². The second-order valence-corrected chi connectivity index (χ2v) is 7.86. The summed E-state index contributed by atoms with van der Waals surface area (Å²) in [6.07, 6.45) is 8.39. The van der Waals surface area contributed by atoms with Crippen molar-refractivity contribution in [1.82, 2.24) is 0 Å². The third-order valence-corrected chi connectivity index (χ3v) is 6.31. The van der Waals surface area contributed by atoms with E-state index in [2.05, 4.69) is 19.9 Å². The Morgan fingerprint density at radius 1 is 1.11 bits per heavy atom. The van der Waals surface area contributed by atoms with Gasteiger partial charge >= 0.3 is 0 Å². The molecular weight excluding hydrogens is 222 g/mol. The zero-order valence-corrected chi connectivity index (χ0v) is 11.7. The Hall–Kier alpha value is -0.550. The lowest BCUT2D eigenvalue weighted by atomic mass is 9.56. The van der Waals surface area contributed by atoms with E-state index in [1.165, 1.54) is 19.3 Å². The van der Waals surface area contributed by atoms with Gasteiger partial charge in [0.15, 0.2) is 0 Å². The van der Waals surface area contributed by atoms with Gasteiger partial charge in [0, 0.05) is 0 Å². The van der Waals surface area contributed by atoms with Crippen LogP contribution < -0.4 is 0 Å². The lowest BCUT2D eigenvalue weighted by molar-refractivity contribution is -0.121. The molecule has 18 heavy (non-hydrogen) atoms. The number of nitrogens with zero attached hydrogens (tertiary/aromatic N) is 1. The third kappa shape index (κ3) is 1.56. The lowest BCUT2D eigenvalue weighted by Crippen LogP contribution is -2.53. The van der Waals surface area contributed by atoms with Crippen molar-refractivity contribution in [3.8, 4) is 6.07 Å². The summed E-state index contributed by atoms with van der Waals surface area (Å²) in [5.41, 5.74) is -0.760. The molecule has 0 heterocycles. The number of nitriles is 1. The molecule has 0 aromatic heterocycles. The first-order valence-corrected chi connectivity index (χ1v) is 7.54. The van der Waals surface area contributed by atoms with Gasteiger partial charge in [-0.15, -0.1) is 0 Å². The Morgan fingerprint density at radius 3 is 2.22 bits per heavy atom. The van der Waals surface area contributed by atoms with Gasteiger partial charge in [0.25, 0.3) is 0 Å². The van der Waals surface area contributed by atoms with Crippen molar-refractivity contribution in [1.29, 1.82) is 5.26 Å². The normalized spacial score (nSPS) is 44.8. The Kier molecular flexibility index (Phi) is 2.59. The monoisotopic (exact) mass is 247 g/mol. The summed E-state index contributed by atoms with van der Waals surface area (Å²) in [5, 5.41) is 20.9. The third-order valence-electron chi connectivity index (χ3n) is 6.31. The fourth-order valence-corrected chi connectivity index (χ4v) is 4.93. The van der Waals surface area contributed by atoms with E-state index in [9.17, 15) is 10.4 Å². The smallest absolute Gasteiger partial charge is 0.0890 e. The molecule has 3 unspecified atom stereocenters. The van der Waals surface area contributed by atoms with E-state index in [1.807, 2.05) is 0 Å². The Morgan fingerprint density at radius 2 is 1.78 bits per heavy atom. The van der Waals surface area contributed by atoms with Gasteiger partial charge in [-0.25, -0.2) is 0 Å². The molecule has 100 valence electrons. The molecule has 0 aliphatic heterocycles. The highest BCUT2D eigenvalue weighted by atomic mass is 16.3. The Labute approximate surface area is 110 Å². The highest BCUT2D eigenvalue weighted by Gasteiger charge is 2.62. The molecule has 0 amide bonds. The van der Waals surface area contributed by atoms with Crippen LogP contribution >= 0.6 is 0 Å². The van der Waals surface area contributed by atoms with Crippen LogP contribution in [0, 0.1) is 34.0 Å². The van der Waals surface area contributed by atoms with Crippen molar-refractivity contribution in [3.63, 3.8) is 0 Å². The number of aliphatic hydroxyl groups is 1. The van der Waals surface area contributed by atoms with E-state index in [1.54, 1.807) is 0 Å². The maximum absolute atomic E-state index is 11.2. The molecule has 3 fully saturated rings. The molecule has 2 bridgehead atoms. The number of fused-ring (bicyclic) bond motifs is 2. The molecule has 1 N–H and O–H groups in total. The van der Waals surface area contributed by atoms with Crippen LogP contribution in [-0.2, 0) is 0 Å². The Bertz CT molecular complexity index is 384. The molecule has 2 nitrogen and oxygen atoms in total. The molecule has 2 heteroatoms. The van der Waals surface area contributed by atoms with Crippen molar-refractivity contribution in [3.05, 3.63) is 0 Å². The number of hydrogen-bond acceptors (Lipinski definition) is 2. The molecule has 3 aliphatic rings. The van der Waals surface area contributed by atoms with Crippen molar-refractivity contribution >= 4 is 0 Å². The minimum atomic E-state index is -0.697. The van der Waals surface area contributed by atoms with Gasteiger partial charge in [-0.2, -0.15) is 5.26 Å². The molecule has 3 aliphatic carbocycles. The van der Waals surface area contributed by atoms with Crippen LogP contribution in [0.2, 0.25) is 0 Å². The van der Waals surface area contributed by atoms with Crippen LogP contribution in [-0.4, -0.2) is 10.7 Å². The van der Waals surface area contributed by atoms with Crippen LogP contribution in [0.1, 0.15) is 65.2 Å². The molecule has 0 saturated heterocycles. The van der Waals surface area contributed by atoms with Gasteiger partial charge in [0.05, 0.1) is 17.1 Å². The quantitative estimate of drug-likeness (QED) is 0.768. The van der Waals surface area contributed by atoms with Crippen molar-refractivity contribution < 1.29 is 5.11 Å². The minimum Gasteiger partial charge on any atom is -0.388 e. The second kappa shape index (κ2) is 3.73. The van der Waals surface area contributed by atoms with Crippen LogP contribution in [0.3, 0.4) is 0 Å². The van der Waals surface area contributed by atoms with Gasteiger partial charge in [0.1, 0.15) is 0 Å². The minimum absolute atomic E-state index is 0.348. The SMILES string of the molecule is CC1(C)CCC(O)(C2(C#N)CC3CCC2C3)CC1. The predicted molar refractivity (Wildman–Crippen MR) is 70.7 cm³/mol. The largest absolute Gasteiger partial charge is 0.388 e. The number of rotatable bonds is 1. The fourth-order valence-electron chi connectivity index (χ4n) is 4.93. The average Bonchev–Trinajstić information content (AvgIpc) is 2.94. The standard InChI is InChI=1S/C16H25NO/c1-14(2)5-7-16(18,8-6-14)15(11-17)10-12-3-4-13(15)9-12/h12-13,18H,3-10H2,1-2H3. The van der Waals surface area contributed by atoms with Crippen molar-refractivity contribution in [2.75, 3.05) is 0 Å². The average molecular weight is 247 g/mol. The fraction of sp³-hybridized carbons (Fsp3) is 0.938. The maximum atomic E-state index is 11.2. The van der Waals surface area contributed by atoms with Crippen LogP contribution in [0.5, 0.6) is 0 Å².